The highest BCUT2D eigenvalue weighted by Gasteiger charge is 2.29. The number of hydrogen-bond acceptors (Lipinski definition) is 2. The number of rotatable bonds is 3. The van der Waals surface area contributed by atoms with Gasteiger partial charge in [0, 0.05) is 24.1 Å². The van der Waals surface area contributed by atoms with Gasteiger partial charge < -0.3 is 10.1 Å². The fourth-order valence-electron chi connectivity index (χ4n) is 2.26. The van der Waals surface area contributed by atoms with Crippen molar-refractivity contribution in [1.29, 1.82) is 0 Å². The standard InChI is InChI=1S/C13H18ClNO/c1-9-3-4-10(7-12(9)14)13-11(8-15-2)5-6-16-13/h3-4,7,11,13,15H,5-6,8H2,1-2H3. The summed E-state index contributed by atoms with van der Waals surface area (Å²) in [5, 5.41) is 4.05. The molecule has 1 fully saturated rings. The Kier molecular flexibility index (Phi) is 3.85. The van der Waals surface area contributed by atoms with E-state index in [0.29, 0.717) is 5.92 Å². The lowest BCUT2D eigenvalue weighted by Gasteiger charge is -2.19. The molecule has 2 unspecified atom stereocenters. The highest BCUT2D eigenvalue weighted by Crippen LogP contribution is 2.35. The van der Waals surface area contributed by atoms with Crippen LogP contribution >= 0.6 is 11.6 Å². The summed E-state index contributed by atoms with van der Waals surface area (Å²) in [6.07, 6.45) is 1.32. The molecule has 0 spiro atoms. The van der Waals surface area contributed by atoms with E-state index in [1.165, 1.54) is 5.56 Å². The normalized spacial score (nSPS) is 24.9. The summed E-state index contributed by atoms with van der Waals surface area (Å²) < 4.78 is 5.80. The van der Waals surface area contributed by atoms with Gasteiger partial charge >= 0.3 is 0 Å². The summed E-state index contributed by atoms with van der Waals surface area (Å²) in [7, 11) is 1.98. The van der Waals surface area contributed by atoms with Crippen LogP contribution in [0.5, 0.6) is 0 Å². The van der Waals surface area contributed by atoms with Gasteiger partial charge in [-0.3, -0.25) is 0 Å². The highest BCUT2D eigenvalue weighted by molar-refractivity contribution is 6.31. The lowest BCUT2D eigenvalue weighted by molar-refractivity contribution is 0.0910. The molecule has 1 aliphatic rings. The zero-order valence-corrected chi connectivity index (χ0v) is 10.6. The summed E-state index contributed by atoms with van der Waals surface area (Å²) >= 11 is 6.15. The molecule has 1 heterocycles. The molecule has 1 saturated heterocycles. The van der Waals surface area contributed by atoms with Crippen molar-refractivity contribution in [2.75, 3.05) is 20.2 Å². The Labute approximate surface area is 102 Å². The molecular formula is C13H18ClNO. The Hall–Kier alpha value is -0.570. The smallest absolute Gasteiger partial charge is 0.0866 e. The molecule has 0 radical (unpaired) electrons. The predicted octanol–water partition coefficient (Wildman–Crippen LogP) is 2.95. The first kappa shape index (κ1) is 11.9. The lowest BCUT2D eigenvalue weighted by Crippen LogP contribution is -2.21. The molecule has 2 nitrogen and oxygen atoms in total. The van der Waals surface area contributed by atoms with Gasteiger partial charge in [0.25, 0.3) is 0 Å². The van der Waals surface area contributed by atoms with Crippen molar-refractivity contribution in [3.63, 3.8) is 0 Å². The number of benzene rings is 1. The Balaban J connectivity index is 2.19. The quantitative estimate of drug-likeness (QED) is 0.876. The molecule has 0 saturated carbocycles. The van der Waals surface area contributed by atoms with E-state index in [4.69, 9.17) is 16.3 Å². The minimum absolute atomic E-state index is 0.200. The number of nitrogens with one attached hydrogen (secondary N) is 1. The molecule has 1 aromatic rings. The second-order valence-electron chi connectivity index (χ2n) is 4.41. The van der Waals surface area contributed by atoms with Crippen LogP contribution in [-0.4, -0.2) is 20.2 Å². The van der Waals surface area contributed by atoms with Crippen LogP contribution in [0.25, 0.3) is 0 Å². The largest absolute Gasteiger partial charge is 0.373 e. The van der Waals surface area contributed by atoms with E-state index in [9.17, 15) is 0 Å². The zero-order chi connectivity index (χ0) is 11.5. The average Bonchev–Trinajstić information content (AvgIpc) is 2.71. The molecule has 88 valence electrons. The van der Waals surface area contributed by atoms with E-state index < -0.39 is 0 Å². The van der Waals surface area contributed by atoms with Crippen molar-refractivity contribution >= 4 is 11.6 Å². The van der Waals surface area contributed by atoms with Crippen molar-refractivity contribution in [2.45, 2.75) is 19.4 Å². The van der Waals surface area contributed by atoms with Crippen LogP contribution in [0.3, 0.4) is 0 Å². The van der Waals surface area contributed by atoms with Crippen LogP contribution < -0.4 is 5.32 Å². The number of aryl methyl sites for hydroxylation is 1. The third-order valence-corrected chi connectivity index (χ3v) is 3.61. The highest BCUT2D eigenvalue weighted by atomic mass is 35.5. The third kappa shape index (κ3) is 2.40. The molecule has 0 bridgehead atoms. The average molecular weight is 240 g/mol. The minimum Gasteiger partial charge on any atom is -0.373 e. The molecule has 0 aromatic heterocycles. The van der Waals surface area contributed by atoms with Crippen LogP contribution in [0.15, 0.2) is 18.2 Å². The van der Waals surface area contributed by atoms with Crippen LogP contribution in [0.1, 0.15) is 23.7 Å². The van der Waals surface area contributed by atoms with Crippen molar-refractivity contribution in [2.24, 2.45) is 5.92 Å². The van der Waals surface area contributed by atoms with E-state index in [1.54, 1.807) is 0 Å². The Bertz CT molecular complexity index is 367. The third-order valence-electron chi connectivity index (χ3n) is 3.20. The van der Waals surface area contributed by atoms with Gasteiger partial charge in [-0.05, 0) is 37.6 Å². The summed E-state index contributed by atoms with van der Waals surface area (Å²) in [6, 6.07) is 6.23. The van der Waals surface area contributed by atoms with E-state index >= 15 is 0 Å². The molecule has 1 aromatic carbocycles. The van der Waals surface area contributed by atoms with Gasteiger partial charge in [-0.25, -0.2) is 0 Å². The molecule has 0 aliphatic carbocycles. The summed E-state index contributed by atoms with van der Waals surface area (Å²) in [4.78, 5) is 0. The first-order chi connectivity index (χ1) is 7.72. The van der Waals surface area contributed by atoms with Crippen molar-refractivity contribution in [1.82, 2.24) is 5.32 Å². The number of halogens is 1. The summed E-state index contributed by atoms with van der Waals surface area (Å²) in [5.41, 5.74) is 2.32. The van der Waals surface area contributed by atoms with Gasteiger partial charge in [0.2, 0.25) is 0 Å². The van der Waals surface area contributed by atoms with Gasteiger partial charge in [-0.15, -0.1) is 0 Å². The molecule has 1 N–H and O–H groups in total. The first-order valence-electron chi connectivity index (χ1n) is 5.74. The molecule has 1 aliphatic heterocycles. The monoisotopic (exact) mass is 239 g/mol. The molecule has 2 atom stereocenters. The molecular weight excluding hydrogens is 222 g/mol. The second-order valence-corrected chi connectivity index (χ2v) is 4.81. The van der Waals surface area contributed by atoms with Crippen LogP contribution in [0.4, 0.5) is 0 Å². The van der Waals surface area contributed by atoms with Gasteiger partial charge in [-0.1, -0.05) is 23.7 Å². The van der Waals surface area contributed by atoms with Gasteiger partial charge in [-0.2, -0.15) is 0 Å². The van der Waals surface area contributed by atoms with Crippen LogP contribution in [0, 0.1) is 12.8 Å². The number of ether oxygens (including phenoxy) is 1. The molecule has 16 heavy (non-hydrogen) atoms. The maximum Gasteiger partial charge on any atom is 0.0866 e. The maximum absolute atomic E-state index is 6.15. The van der Waals surface area contributed by atoms with E-state index in [-0.39, 0.29) is 6.10 Å². The zero-order valence-electron chi connectivity index (χ0n) is 9.79. The molecule has 3 heteroatoms. The Morgan fingerprint density at radius 2 is 2.31 bits per heavy atom. The topological polar surface area (TPSA) is 21.3 Å². The van der Waals surface area contributed by atoms with E-state index in [1.807, 2.05) is 20.0 Å². The van der Waals surface area contributed by atoms with Gasteiger partial charge in [0.1, 0.15) is 0 Å². The van der Waals surface area contributed by atoms with Crippen LogP contribution in [-0.2, 0) is 4.74 Å². The van der Waals surface area contributed by atoms with Crippen LogP contribution in [0.2, 0.25) is 5.02 Å². The first-order valence-corrected chi connectivity index (χ1v) is 6.12. The fourth-order valence-corrected chi connectivity index (χ4v) is 2.45. The molecule has 2 rings (SSSR count). The lowest BCUT2D eigenvalue weighted by atomic mass is 9.95. The van der Waals surface area contributed by atoms with E-state index in [2.05, 4.69) is 17.4 Å². The van der Waals surface area contributed by atoms with Crippen molar-refractivity contribution in [3.8, 4) is 0 Å². The number of hydrogen-bond donors (Lipinski definition) is 1. The molecule has 0 amide bonds. The van der Waals surface area contributed by atoms with E-state index in [0.717, 1.165) is 30.2 Å². The second kappa shape index (κ2) is 5.17. The van der Waals surface area contributed by atoms with Crippen molar-refractivity contribution < 1.29 is 4.74 Å². The maximum atomic E-state index is 6.15. The SMILES string of the molecule is CNCC1CCOC1c1ccc(C)c(Cl)c1. The Morgan fingerprint density at radius 3 is 3.00 bits per heavy atom. The summed E-state index contributed by atoms with van der Waals surface area (Å²) in [5.74, 6) is 0.559. The summed E-state index contributed by atoms with van der Waals surface area (Å²) in [6.45, 7) is 3.87. The minimum atomic E-state index is 0.200. The predicted molar refractivity (Wildman–Crippen MR) is 66.9 cm³/mol. The van der Waals surface area contributed by atoms with Gasteiger partial charge in [0.15, 0.2) is 0 Å². The fraction of sp³-hybridized carbons (Fsp3) is 0.538. The van der Waals surface area contributed by atoms with Crippen molar-refractivity contribution in [3.05, 3.63) is 34.3 Å². The van der Waals surface area contributed by atoms with Gasteiger partial charge in [0.05, 0.1) is 6.10 Å². The Morgan fingerprint density at radius 1 is 1.50 bits per heavy atom.